The lowest BCUT2D eigenvalue weighted by atomic mass is 10.3. The molecular weight excluding hydrogens is 248 g/mol. The summed E-state index contributed by atoms with van der Waals surface area (Å²) in [6.45, 7) is 5.36. The summed E-state index contributed by atoms with van der Waals surface area (Å²) in [7, 11) is 2.17. The smallest absolute Gasteiger partial charge is 0.121 e. The molecule has 1 aromatic carbocycles. The van der Waals surface area contributed by atoms with E-state index < -0.39 is 0 Å². The van der Waals surface area contributed by atoms with Crippen LogP contribution in [0.2, 0.25) is 5.02 Å². The highest BCUT2D eigenvalue weighted by Crippen LogP contribution is 2.18. The van der Waals surface area contributed by atoms with Gasteiger partial charge in [-0.15, -0.1) is 0 Å². The van der Waals surface area contributed by atoms with Gasteiger partial charge in [0.25, 0.3) is 0 Å². The molecule has 1 aliphatic heterocycles. The molecule has 3 rings (SSSR count). The number of nitrogens with zero attached hydrogens (tertiary/aromatic N) is 3. The number of piperazine rings is 1. The van der Waals surface area contributed by atoms with Gasteiger partial charge in [-0.25, -0.2) is 4.98 Å². The average molecular weight is 265 g/mol. The minimum atomic E-state index is 0.747. The normalized spacial score (nSPS) is 18.6. The Bertz CT molecular complexity index is 543. The summed E-state index contributed by atoms with van der Waals surface area (Å²) in [6.07, 6.45) is 0. The molecule has 2 aromatic rings. The number of likely N-dealkylation sites (N-methyl/N-ethyl adjacent to an activating group) is 1. The first kappa shape index (κ1) is 12.0. The van der Waals surface area contributed by atoms with Crippen LogP contribution in [0.5, 0.6) is 0 Å². The van der Waals surface area contributed by atoms with E-state index in [1.54, 1.807) is 0 Å². The van der Waals surface area contributed by atoms with Crippen LogP contribution in [0.1, 0.15) is 5.82 Å². The van der Waals surface area contributed by atoms with Crippen molar-refractivity contribution in [3.05, 3.63) is 29.0 Å². The highest BCUT2D eigenvalue weighted by molar-refractivity contribution is 6.31. The van der Waals surface area contributed by atoms with E-state index in [0.29, 0.717) is 0 Å². The number of nitrogens with one attached hydrogen (secondary N) is 1. The maximum Gasteiger partial charge on any atom is 0.121 e. The molecule has 0 atom stereocenters. The fourth-order valence-corrected chi connectivity index (χ4v) is 2.50. The van der Waals surface area contributed by atoms with Gasteiger partial charge >= 0.3 is 0 Å². The Labute approximate surface area is 112 Å². The van der Waals surface area contributed by atoms with Crippen molar-refractivity contribution < 1.29 is 0 Å². The van der Waals surface area contributed by atoms with Crippen LogP contribution >= 0.6 is 11.6 Å². The summed E-state index contributed by atoms with van der Waals surface area (Å²) < 4.78 is 0. The molecule has 0 spiro atoms. The van der Waals surface area contributed by atoms with E-state index >= 15 is 0 Å². The van der Waals surface area contributed by atoms with Crippen molar-refractivity contribution in [1.82, 2.24) is 19.8 Å². The van der Waals surface area contributed by atoms with Gasteiger partial charge in [-0.2, -0.15) is 0 Å². The Morgan fingerprint density at radius 3 is 2.83 bits per heavy atom. The topological polar surface area (TPSA) is 35.2 Å². The lowest BCUT2D eigenvalue weighted by Crippen LogP contribution is -2.44. The van der Waals surface area contributed by atoms with E-state index in [0.717, 1.165) is 54.6 Å². The summed E-state index contributed by atoms with van der Waals surface area (Å²) in [6, 6.07) is 5.77. The Morgan fingerprint density at radius 1 is 1.28 bits per heavy atom. The van der Waals surface area contributed by atoms with Gasteiger partial charge in [0, 0.05) is 31.2 Å². The molecule has 5 heteroatoms. The number of imidazole rings is 1. The molecule has 0 radical (unpaired) electrons. The van der Waals surface area contributed by atoms with Crippen molar-refractivity contribution in [3.8, 4) is 0 Å². The number of benzene rings is 1. The number of fused-ring (bicyclic) bond motifs is 1. The van der Waals surface area contributed by atoms with Crippen molar-refractivity contribution in [2.75, 3.05) is 33.2 Å². The number of rotatable bonds is 2. The molecule has 0 aliphatic carbocycles. The highest BCUT2D eigenvalue weighted by atomic mass is 35.5. The van der Waals surface area contributed by atoms with Gasteiger partial charge in [0.05, 0.1) is 17.6 Å². The molecule has 1 N–H and O–H groups in total. The first-order chi connectivity index (χ1) is 8.70. The maximum absolute atomic E-state index is 5.97. The third kappa shape index (κ3) is 2.51. The molecule has 18 heavy (non-hydrogen) atoms. The largest absolute Gasteiger partial charge is 0.341 e. The van der Waals surface area contributed by atoms with Crippen molar-refractivity contribution in [3.63, 3.8) is 0 Å². The van der Waals surface area contributed by atoms with Crippen LogP contribution in [0.4, 0.5) is 0 Å². The van der Waals surface area contributed by atoms with E-state index in [4.69, 9.17) is 11.6 Å². The molecular formula is C13H17ClN4. The molecule has 0 amide bonds. The monoisotopic (exact) mass is 264 g/mol. The fourth-order valence-electron chi connectivity index (χ4n) is 2.33. The lowest BCUT2D eigenvalue weighted by Gasteiger charge is -2.31. The number of aromatic amines is 1. The van der Waals surface area contributed by atoms with E-state index in [9.17, 15) is 0 Å². The first-order valence-corrected chi connectivity index (χ1v) is 6.63. The van der Waals surface area contributed by atoms with Gasteiger partial charge in [0.15, 0.2) is 0 Å². The zero-order valence-corrected chi connectivity index (χ0v) is 11.2. The van der Waals surface area contributed by atoms with Crippen LogP contribution in [0, 0.1) is 0 Å². The molecule has 1 aromatic heterocycles. The Balaban J connectivity index is 1.74. The second kappa shape index (κ2) is 4.88. The van der Waals surface area contributed by atoms with Gasteiger partial charge in [0.2, 0.25) is 0 Å². The minimum absolute atomic E-state index is 0.747. The Kier molecular flexibility index (Phi) is 3.24. The standard InChI is InChI=1S/C13H17ClN4/c1-17-4-6-18(7-5-17)9-13-15-11-3-2-10(14)8-12(11)16-13/h2-3,8H,4-7,9H2,1H3,(H,15,16). The molecule has 96 valence electrons. The summed E-state index contributed by atoms with van der Waals surface area (Å²) in [5.41, 5.74) is 2.01. The van der Waals surface area contributed by atoms with Crippen LogP contribution in [0.3, 0.4) is 0 Å². The van der Waals surface area contributed by atoms with E-state index in [-0.39, 0.29) is 0 Å². The summed E-state index contributed by atoms with van der Waals surface area (Å²) in [5, 5.41) is 0.747. The lowest BCUT2D eigenvalue weighted by molar-refractivity contribution is 0.146. The van der Waals surface area contributed by atoms with Crippen LogP contribution in [-0.2, 0) is 6.54 Å². The van der Waals surface area contributed by atoms with Crippen LogP contribution in [0.15, 0.2) is 18.2 Å². The zero-order valence-electron chi connectivity index (χ0n) is 10.5. The summed E-state index contributed by atoms with van der Waals surface area (Å²) >= 11 is 5.97. The first-order valence-electron chi connectivity index (χ1n) is 6.26. The molecule has 1 aliphatic rings. The molecule has 0 bridgehead atoms. The Hall–Kier alpha value is -1.10. The molecule has 0 unspecified atom stereocenters. The third-order valence-corrected chi connectivity index (χ3v) is 3.70. The van der Waals surface area contributed by atoms with Crippen molar-refractivity contribution in [2.24, 2.45) is 0 Å². The number of H-pyrrole nitrogens is 1. The number of halogens is 1. The van der Waals surface area contributed by atoms with Crippen molar-refractivity contribution >= 4 is 22.6 Å². The number of hydrogen-bond donors (Lipinski definition) is 1. The summed E-state index contributed by atoms with van der Waals surface area (Å²) in [5.74, 6) is 1.02. The van der Waals surface area contributed by atoms with Crippen molar-refractivity contribution in [2.45, 2.75) is 6.54 Å². The molecule has 4 nitrogen and oxygen atoms in total. The molecule has 2 heterocycles. The van der Waals surface area contributed by atoms with Crippen molar-refractivity contribution in [1.29, 1.82) is 0 Å². The van der Waals surface area contributed by atoms with E-state index in [1.807, 2.05) is 18.2 Å². The highest BCUT2D eigenvalue weighted by Gasteiger charge is 2.15. The Morgan fingerprint density at radius 2 is 2.06 bits per heavy atom. The van der Waals surface area contributed by atoms with Gasteiger partial charge < -0.3 is 9.88 Å². The van der Waals surface area contributed by atoms with Crippen LogP contribution < -0.4 is 0 Å². The fraction of sp³-hybridized carbons (Fsp3) is 0.462. The minimum Gasteiger partial charge on any atom is -0.341 e. The number of aromatic nitrogens is 2. The van der Waals surface area contributed by atoms with Gasteiger partial charge in [-0.05, 0) is 25.2 Å². The average Bonchev–Trinajstić information content (AvgIpc) is 2.73. The molecule has 1 saturated heterocycles. The van der Waals surface area contributed by atoms with E-state index in [2.05, 4.69) is 26.8 Å². The third-order valence-electron chi connectivity index (χ3n) is 3.46. The quantitative estimate of drug-likeness (QED) is 0.901. The maximum atomic E-state index is 5.97. The number of hydrogen-bond acceptors (Lipinski definition) is 3. The zero-order chi connectivity index (χ0) is 12.5. The predicted molar refractivity (Wildman–Crippen MR) is 73.9 cm³/mol. The second-order valence-corrected chi connectivity index (χ2v) is 5.36. The van der Waals surface area contributed by atoms with Crippen LogP contribution in [0.25, 0.3) is 11.0 Å². The van der Waals surface area contributed by atoms with E-state index in [1.165, 1.54) is 0 Å². The molecule has 1 fully saturated rings. The molecule has 0 saturated carbocycles. The van der Waals surface area contributed by atoms with Crippen LogP contribution in [-0.4, -0.2) is 53.0 Å². The summed E-state index contributed by atoms with van der Waals surface area (Å²) in [4.78, 5) is 12.7. The second-order valence-electron chi connectivity index (χ2n) is 4.92. The SMILES string of the molecule is CN1CCN(Cc2nc3ccc(Cl)cc3[nH]2)CC1. The predicted octanol–water partition coefficient (Wildman–Crippen LogP) is 1.96. The van der Waals surface area contributed by atoms with Gasteiger partial charge in [-0.3, -0.25) is 4.90 Å². The van der Waals surface area contributed by atoms with Gasteiger partial charge in [0.1, 0.15) is 5.82 Å². The van der Waals surface area contributed by atoms with Gasteiger partial charge in [-0.1, -0.05) is 11.6 Å².